The van der Waals surface area contributed by atoms with Gasteiger partial charge >= 0.3 is 0 Å². The Morgan fingerprint density at radius 1 is 1.26 bits per heavy atom. The molecule has 23 heavy (non-hydrogen) atoms. The van der Waals surface area contributed by atoms with Crippen molar-refractivity contribution < 1.29 is 8.78 Å². The number of hydrogen-bond acceptors (Lipinski definition) is 4. The maximum atomic E-state index is 13.7. The van der Waals surface area contributed by atoms with E-state index in [9.17, 15) is 8.78 Å². The maximum Gasteiger partial charge on any atom is 0.203 e. The number of halogens is 2. The summed E-state index contributed by atoms with van der Waals surface area (Å²) in [6, 6.07) is 2.56. The van der Waals surface area contributed by atoms with Gasteiger partial charge in [0.25, 0.3) is 0 Å². The van der Waals surface area contributed by atoms with Crippen LogP contribution in [-0.4, -0.2) is 26.1 Å². The predicted octanol–water partition coefficient (Wildman–Crippen LogP) is 2.92. The van der Waals surface area contributed by atoms with Gasteiger partial charge in [-0.2, -0.15) is 0 Å². The molecule has 0 spiro atoms. The first-order chi connectivity index (χ1) is 11.2. The van der Waals surface area contributed by atoms with Crippen LogP contribution in [0.25, 0.3) is 5.65 Å². The quantitative estimate of drug-likeness (QED) is 0.729. The number of hydrogen-bond donors (Lipinski definition) is 0. The molecule has 1 aliphatic rings. The number of aromatic nitrogens is 4. The summed E-state index contributed by atoms with van der Waals surface area (Å²) in [5.41, 5.74) is 2.35. The van der Waals surface area contributed by atoms with Gasteiger partial charge in [-0.3, -0.25) is 4.40 Å². The van der Waals surface area contributed by atoms with Crippen molar-refractivity contribution in [2.24, 2.45) is 0 Å². The minimum absolute atomic E-state index is 0.0655. The van der Waals surface area contributed by atoms with E-state index >= 15 is 0 Å². The minimum atomic E-state index is -0.808. The van der Waals surface area contributed by atoms with E-state index in [2.05, 4.69) is 20.1 Å². The van der Waals surface area contributed by atoms with Crippen molar-refractivity contribution in [3.05, 3.63) is 53.6 Å². The molecule has 1 atom stereocenters. The second-order valence-corrected chi connectivity index (χ2v) is 5.65. The van der Waals surface area contributed by atoms with E-state index < -0.39 is 11.6 Å². The molecule has 0 saturated carbocycles. The van der Waals surface area contributed by atoms with E-state index in [4.69, 9.17) is 0 Å². The van der Waals surface area contributed by atoms with Crippen LogP contribution in [-0.2, 0) is 6.42 Å². The van der Waals surface area contributed by atoms with Gasteiger partial charge in [-0.1, -0.05) is 6.92 Å². The summed E-state index contributed by atoms with van der Waals surface area (Å²) >= 11 is 0. The van der Waals surface area contributed by atoms with E-state index in [1.807, 2.05) is 6.92 Å². The minimum Gasteiger partial charge on any atom is -0.346 e. The fourth-order valence-electron chi connectivity index (χ4n) is 3.34. The van der Waals surface area contributed by atoms with Gasteiger partial charge in [0.05, 0.1) is 6.04 Å². The Morgan fingerprint density at radius 2 is 2.09 bits per heavy atom. The van der Waals surface area contributed by atoms with Gasteiger partial charge in [-0.25, -0.2) is 13.8 Å². The standard InChI is InChI=1S/C16H15F2N5/c1-2-14-11-8-13(18)12(17)7-10(11)3-5-23(14)15-16-21-20-9-22(16)6-4-19-15/h4,6-9,14H,2-3,5H2,1H3. The van der Waals surface area contributed by atoms with Gasteiger partial charge in [-0.15, -0.1) is 10.2 Å². The largest absolute Gasteiger partial charge is 0.346 e. The fourth-order valence-corrected chi connectivity index (χ4v) is 3.34. The van der Waals surface area contributed by atoms with Crippen LogP contribution in [0.2, 0.25) is 0 Å². The van der Waals surface area contributed by atoms with E-state index in [0.717, 1.165) is 17.5 Å². The Kier molecular flexibility index (Phi) is 3.21. The number of anilines is 1. The third-order valence-corrected chi connectivity index (χ3v) is 4.40. The Bertz CT molecular complexity index is 876. The highest BCUT2D eigenvalue weighted by Crippen LogP contribution is 2.36. The van der Waals surface area contributed by atoms with E-state index in [1.54, 1.807) is 23.1 Å². The zero-order chi connectivity index (χ0) is 16.0. The Morgan fingerprint density at radius 3 is 2.91 bits per heavy atom. The van der Waals surface area contributed by atoms with Gasteiger partial charge in [0.15, 0.2) is 17.5 Å². The summed E-state index contributed by atoms with van der Waals surface area (Å²) in [6.07, 6.45) is 6.50. The number of nitrogens with zero attached hydrogens (tertiary/aromatic N) is 5. The topological polar surface area (TPSA) is 46.3 Å². The molecule has 0 amide bonds. The van der Waals surface area contributed by atoms with Crippen LogP contribution in [0, 0.1) is 11.6 Å². The molecule has 0 saturated heterocycles. The van der Waals surface area contributed by atoms with Crippen LogP contribution in [0.1, 0.15) is 30.5 Å². The molecular weight excluding hydrogens is 300 g/mol. The van der Waals surface area contributed by atoms with Gasteiger partial charge in [-0.05, 0) is 36.1 Å². The third-order valence-electron chi connectivity index (χ3n) is 4.40. The number of benzene rings is 1. The van der Waals surface area contributed by atoms with Crippen LogP contribution in [0.3, 0.4) is 0 Å². The normalized spacial score (nSPS) is 17.5. The fraction of sp³-hybridized carbons (Fsp3) is 0.312. The molecule has 1 unspecified atom stereocenters. The molecule has 3 aromatic rings. The van der Waals surface area contributed by atoms with Gasteiger partial charge < -0.3 is 4.90 Å². The Labute approximate surface area is 131 Å². The zero-order valence-corrected chi connectivity index (χ0v) is 12.6. The lowest BCUT2D eigenvalue weighted by atomic mass is 9.90. The lowest BCUT2D eigenvalue weighted by Crippen LogP contribution is -2.36. The highest BCUT2D eigenvalue weighted by molar-refractivity contribution is 5.65. The molecule has 4 rings (SSSR count). The average molecular weight is 315 g/mol. The van der Waals surface area contributed by atoms with Crippen LogP contribution < -0.4 is 4.90 Å². The maximum absolute atomic E-state index is 13.7. The molecule has 1 aromatic carbocycles. The Balaban J connectivity index is 1.84. The lowest BCUT2D eigenvalue weighted by molar-refractivity contribution is 0.492. The lowest BCUT2D eigenvalue weighted by Gasteiger charge is -2.37. The third kappa shape index (κ3) is 2.15. The molecule has 3 heterocycles. The van der Waals surface area contributed by atoms with Gasteiger partial charge in [0, 0.05) is 18.9 Å². The highest BCUT2D eigenvalue weighted by Gasteiger charge is 2.30. The van der Waals surface area contributed by atoms with Crippen LogP contribution in [0.15, 0.2) is 30.9 Å². The summed E-state index contributed by atoms with van der Waals surface area (Å²) in [7, 11) is 0. The first-order valence-corrected chi connectivity index (χ1v) is 7.58. The molecule has 0 N–H and O–H groups in total. The molecule has 118 valence electrons. The summed E-state index contributed by atoms with van der Waals surface area (Å²) in [6.45, 7) is 2.70. The van der Waals surface area contributed by atoms with Crippen LogP contribution in [0.5, 0.6) is 0 Å². The summed E-state index contributed by atoms with van der Waals surface area (Å²) in [5, 5.41) is 8.04. The molecule has 0 radical (unpaired) electrons. The van der Waals surface area contributed by atoms with Crippen molar-refractivity contribution in [1.82, 2.24) is 19.6 Å². The molecule has 0 bridgehead atoms. The molecule has 0 aliphatic carbocycles. The smallest absolute Gasteiger partial charge is 0.203 e. The van der Waals surface area contributed by atoms with Crippen molar-refractivity contribution >= 4 is 11.5 Å². The van der Waals surface area contributed by atoms with Crippen molar-refractivity contribution in [2.75, 3.05) is 11.4 Å². The monoisotopic (exact) mass is 315 g/mol. The second kappa shape index (κ2) is 5.26. The number of rotatable bonds is 2. The van der Waals surface area contributed by atoms with Crippen molar-refractivity contribution in [3.8, 4) is 0 Å². The van der Waals surface area contributed by atoms with Crippen molar-refractivity contribution in [1.29, 1.82) is 0 Å². The summed E-state index contributed by atoms with van der Waals surface area (Å²) in [5.74, 6) is -0.880. The van der Waals surface area contributed by atoms with E-state index in [-0.39, 0.29) is 6.04 Å². The van der Waals surface area contributed by atoms with Crippen molar-refractivity contribution in [3.63, 3.8) is 0 Å². The van der Waals surface area contributed by atoms with Gasteiger partial charge in [0.2, 0.25) is 5.65 Å². The van der Waals surface area contributed by atoms with Gasteiger partial charge in [0.1, 0.15) is 6.33 Å². The second-order valence-electron chi connectivity index (χ2n) is 5.65. The van der Waals surface area contributed by atoms with Crippen LogP contribution in [0.4, 0.5) is 14.6 Å². The SMILES string of the molecule is CCC1c2cc(F)c(F)cc2CCN1c1nccn2cnnc12. The average Bonchev–Trinajstić information content (AvgIpc) is 3.03. The molecule has 0 fully saturated rings. The predicted molar refractivity (Wildman–Crippen MR) is 81.2 cm³/mol. The summed E-state index contributed by atoms with van der Waals surface area (Å²) < 4.78 is 29.0. The molecule has 7 heteroatoms. The molecule has 2 aromatic heterocycles. The molecule has 5 nitrogen and oxygen atoms in total. The van der Waals surface area contributed by atoms with E-state index in [0.29, 0.717) is 24.4 Å². The molecule has 1 aliphatic heterocycles. The summed E-state index contributed by atoms with van der Waals surface area (Å²) in [4.78, 5) is 6.55. The number of fused-ring (bicyclic) bond motifs is 2. The van der Waals surface area contributed by atoms with Crippen LogP contribution >= 0.6 is 0 Å². The highest BCUT2D eigenvalue weighted by atomic mass is 19.2. The zero-order valence-electron chi connectivity index (χ0n) is 12.6. The van der Waals surface area contributed by atoms with E-state index in [1.165, 1.54) is 12.1 Å². The van der Waals surface area contributed by atoms with Crippen molar-refractivity contribution in [2.45, 2.75) is 25.8 Å². The Hall–Kier alpha value is -2.57. The molecular formula is C16H15F2N5. The first-order valence-electron chi connectivity index (χ1n) is 7.58. The first kappa shape index (κ1) is 14.0.